The van der Waals surface area contributed by atoms with Crippen molar-refractivity contribution in [2.45, 2.75) is 247 Å². The Labute approximate surface area is 851 Å². The number of hydrogen-bond donors (Lipinski definition) is 16. The van der Waals surface area contributed by atoms with Gasteiger partial charge in [0.15, 0.2) is 11.9 Å². The number of ether oxygens (including phenoxy) is 9. The summed E-state index contributed by atoms with van der Waals surface area (Å²) in [5.41, 5.74) is -0.270. The van der Waals surface area contributed by atoms with Gasteiger partial charge in [0.25, 0.3) is 0 Å². The first kappa shape index (κ1) is 113. The van der Waals surface area contributed by atoms with Crippen molar-refractivity contribution >= 4 is 137 Å². The first-order chi connectivity index (χ1) is 68.6. The van der Waals surface area contributed by atoms with Crippen molar-refractivity contribution in [2.24, 2.45) is 22.5 Å². The van der Waals surface area contributed by atoms with Crippen LogP contribution in [0.2, 0.25) is 0 Å². The molecule has 5 aromatic carbocycles. The highest BCUT2D eigenvalue weighted by Gasteiger charge is 2.80. The molecular weight excluding hydrogens is 1940 g/mol. The lowest BCUT2D eigenvalue weighted by Gasteiger charge is -2.70. The fourth-order valence-electron chi connectivity index (χ4n) is 19.1. The second-order valence-electron chi connectivity index (χ2n) is 37.9. The van der Waals surface area contributed by atoms with Gasteiger partial charge in [-0.25, -0.2) is 19.2 Å². The molecule has 43 heteroatoms. The summed E-state index contributed by atoms with van der Waals surface area (Å²) in [7, 11) is 6.87. The molecule has 782 valence electrons. The van der Waals surface area contributed by atoms with Crippen molar-refractivity contribution in [2.75, 3.05) is 70.3 Å². The molecule has 11 rings (SSSR count). The monoisotopic (exact) mass is 2070 g/mol. The molecular formula is C101H132N12O27S4. The predicted molar refractivity (Wildman–Crippen MR) is 537 cm³/mol. The average molecular weight is 2070 g/mol. The maximum Gasteiger partial charge on any atom is 0.509 e. The summed E-state index contributed by atoms with van der Waals surface area (Å²) >= 11 is 0. The number of alkyl carbamates (subject to hydrolysis) is 1. The lowest BCUT2D eigenvalue weighted by Crippen LogP contribution is -2.87. The van der Waals surface area contributed by atoms with Gasteiger partial charge in [-0.15, -0.1) is 0 Å². The fraction of sp³-hybridized carbons (Fsp3) is 0.525. The molecule has 9 amide bonds. The molecule has 1 aromatic heterocycles. The number of ketones is 1. The van der Waals surface area contributed by atoms with Gasteiger partial charge in [-0.05, 0) is 126 Å². The number of carbonyl (C=O) groups excluding carboxylic acids is 14. The largest absolute Gasteiger partial charge is 0.509 e. The SMILES string of the molecule is CO[C@H]1C(=O)[C@]2(C)[C@@H](OC)C[C@H]3OCC3[C@@]2(NCOC(C)=O)[C@H](OC(=O)c2ccccc2)[C@]2(O)C[C@H](OC(=O)[C@H](OC(=O)OCCSSCCC(=O)N[C@H](Cc3ccccc3)C(=O)N[C@H]3CSSC[C@@H](C(=O)N[C@H](CO)[C@@H](C)O)NC(=O)[C@H]([C@@H](C)O)NC(=O)[C@H](CCCCN)NC(=O)[C@@H](Cc4c[nH]c5ccccc45)NC(=O)[C@H](Cc4ccccc4)NC3=O)[C@@H](NC(=O)OC(C)(C)C)c3ccccc3)C(C)=C1C2(C)C. The van der Waals surface area contributed by atoms with E-state index in [2.05, 4.69) is 58.2 Å². The van der Waals surface area contributed by atoms with E-state index in [0.717, 1.165) is 32.4 Å². The van der Waals surface area contributed by atoms with Crippen LogP contribution in [0.25, 0.3) is 10.9 Å². The number of benzene rings is 5. The number of aromatic amines is 1. The number of nitrogens with one attached hydrogen (secondary N) is 11. The molecule has 0 spiro atoms. The summed E-state index contributed by atoms with van der Waals surface area (Å²) < 4.78 is 55.2. The van der Waals surface area contributed by atoms with Gasteiger partial charge < -0.3 is 122 Å². The summed E-state index contributed by atoms with van der Waals surface area (Å²) in [5, 5.41) is 74.9. The van der Waals surface area contributed by atoms with Crippen LogP contribution in [0.15, 0.2) is 163 Å². The molecule has 6 aromatic rings. The molecule has 2 bridgehead atoms. The van der Waals surface area contributed by atoms with Crippen LogP contribution in [0.5, 0.6) is 0 Å². The molecule has 2 aliphatic heterocycles. The van der Waals surface area contributed by atoms with E-state index in [4.69, 9.17) is 48.4 Å². The number of aliphatic hydroxyl groups excluding tert-OH is 3. The first-order valence-corrected chi connectivity index (χ1v) is 52.7. The van der Waals surface area contributed by atoms with Crippen LogP contribution < -0.4 is 58.9 Å². The van der Waals surface area contributed by atoms with Gasteiger partial charge in [0.05, 0.1) is 60.2 Å². The molecule has 2 saturated carbocycles. The Balaban J connectivity index is 0.835. The average Bonchev–Trinajstić information content (AvgIpc) is 0.767. The number of nitrogens with two attached hydrogens (primary N) is 1. The van der Waals surface area contributed by atoms with E-state index < -0.39 is 246 Å². The van der Waals surface area contributed by atoms with Gasteiger partial charge in [-0.2, -0.15) is 0 Å². The third kappa shape index (κ3) is 27.9. The minimum Gasteiger partial charge on any atom is -0.455 e. The molecule has 39 nitrogen and oxygen atoms in total. The normalized spacial score (nSPS) is 26.1. The number of fused-ring (bicyclic) bond motifs is 6. The highest BCUT2D eigenvalue weighted by Crippen LogP contribution is 2.65. The lowest BCUT2D eigenvalue weighted by atomic mass is 9.42. The van der Waals surface area contributed by atoms with Crippen molar-refractivity contribution in [3.63, 3.8) is 0 Å². The van der Waals surface area contributed by atoms with E-state index in [1.165, 1.54) is 70.1 Å². The zero-order valence-corrected chi connectivity index (χ0v) is 85.7. The van der Waals surface area contributed by atoms with Crippen LogP contribution in [0.3, 0.4) is 0 Å². The third-order valence-corrected chi connectivity index (χ3v) is 31.6. The Morgan fingerprint density at radius 2 is 1.31 bits per heavy atom. The number of amides is 9. The summed E-state index contributed by atoms with van der Waals surface area (Å²) in [6.45, 7) is 13.4. The fourth-order valence-corrected chi connectivity index (χ4v) is 23.2. The van der Waals surface area contributed by atoms with Gasteiger partial charge in [-0.3, -0.25) is 53.3 Å². The number of aromatic nitrogens is 1. The van der Waals surface area contributed by atoms with E-state index in [1.807, 2.05) is 6.07 Å². The minimum absolute atomic E-state index is 0.0191. The van der Waals surface area contributed by atoms with Crippen LogP contribution >= 0.6 is 43.2 Å². The molecule has 0 radical (unpaired) electrons. The molecule has 21 atom stereocenters. The number of rotatable bonds is 38. The van der Waals surface area contributed by atoms with Gasteiger partial charge in [0.2, 0.25) is 53.4 Å². The summed E-state index contributed by atoms with van der Waals surface area (Å²) in [6.07, 6.45) is -13.4. The number of hydrogen-bond acceptors (Lipinski definition) is 33. The van der Waals surface area contributed by atoms with Crippen molar-refractivity contribution in [1.29, 1.82) is 0 Å². The second kappa shape index (κ2) is 51.7. The number of unbranched alkanes of at least 4 members (excludes halogenated alkanes) is 1. The van der Waals surface area contributed by atoms with Crippen LogP contribution in [0.1, 0.15) is 146 Å². The van der Waals surface area contributed by atoms with Gasteiger partial charge >= 0.3 is 30.2 Å². The quantitative estimate of drug-likeness (QED) is 0.00575. The van der Waals surface area contributed by atoms with E-state index >= 15 is 33.6 Å². The Bertz CT molecular complexity index is 5500. The number of esters is 3. The maximum absolute atomic E-state index is 16.4. The van der Waals surface area contributed by atoms with E-state index in [0.29, 0.717) is 34.0 Å². The number of carbonyl (C=O) groups is 14. The summed E-state index contributed by atoms with van der Waals surface area (Å²) in [4.78, 5) is 211. The molecule has 3 aliphatic carbocycles. The summed E-state index contributed by atoms with van der Waals surface area (Å²) in [5.74, 6) is -12.1. The molecule has 17 N–H and O–H groups in total. The molecule has 5 aliphatic rings. The van der Waals surface area contributed by atoms with Crippen molar-refractivity contribution in [3.05, 3.63) is 191 Å². The molecule has 2 saturated heterocycles. The second-order valence-corrected chi connectivity index (χ2v) is 43.2. The molecule has 4 fully saturated rings. The van der Waals surface area contributed by atoms with Crippen LogP contribution in [0, 0.1) is 16.7 Å². The maximum atomic E-state index is 16.4. The van der Waals surface area contributed by atoms with E-state index in [-0.39, 0.29) is 103 Å². The van der Waals surface area contributed by atoms with Crippen molar-refractivity contribution in [1.82, 2.24) is 58.2 Å². The number of aliphatic hydroxyl groups is 4. The third-order valence-electron chi connectivity index (χ3n) is 26.8. The van der Waals surface area contributed by atoms with Gasteiger partial charge in [-0.1, -0.05) is 184 Å². The Kier molecular flexibility index (Phi) is 40.6. The standard InChI is InChI=1S/C101H132N12O27S4/c1-56-76(49-100(131)94(139-92(127)63-35-23-16-24-36-63)101(104-55-136-59(4)117)66-52-135-75(66)48-77(132-11)99(101,10)84(119)82(133-12)79(56)98(100,8)9)137-93(128)83(81(62-33-21-15-22-34-62)113-95(129)140-97(5,6)7)138-96(130)134-42-44-142-141-43-40-78(118)105-69(45-60-29-17-13-18-30-60)86(121)110-73-53-143-144-54-74(90(125)109-72(51-114)57(2)115)111-91(126)80(58(3)116)112-85(120)68(39-27-28-41-102)106-88(123)71(47-64-50-103-67-38-26-25-37-65(64)67)108-87(122)70(107-89(73)124)46-61-31-19-14-20-32-61/h13-26,29-38,50,57-58,66,68-77,80-83,94,103-104,114-116,131H,27-28,39-49,51-55,102H2,1-12H3,(H,105,118)(H,106,123)(H,107,124)(H,108,122)(H,109,125)(H,110,121)(H,111,126)(H,112,120)(H,113,129)/t57-,58-,66?,68+,69-,70+,71-,72-,73+,74+,75-,76+,77+,80+,81+,82-,83-,94-,99+,100-,101-/m1/s1. The minimum atomic E-state index is -2.46. The van der Waals surface area contributed by atoms with Gasteiger partial charge in [0.1, 0.15) is 85.1 Å². The Morgan fingerprint density at radius 1 is 0.694 bits per heavy atom. The predicted octanol–water partition coefficient (Wildman–Crippen LogP) is 5.41. The van der Waals surface area contributed by atoms with Crippen molar-refractivity contribution < 1.29 is 130 Å². The first-order valence-electron chi connectivity index (χ1n) is 47.7. The van der Waals surface area contributed by atoms with Gasteiger partial charge in [0, 0.05) is 111 Å². The Morgan fingerprint density at radius 3 is 1.94 bits per heavy atom. The van der Waals surface area contributed by atoms with Crippen LogP contribution in [0.4, 0.5) is 9.59 Å². The zero-order chi connectivity index (χ0) is 105. The number of para-hydroxylation sites is 1. The number of Topliss-reactive ketones (excluding diaryl/α,β-unsaturated/α-hetero) is 1. The highest BCUT2D eigenvalue weighted by atomic mass is 33.1. The highest BCUT2D eigenvalue weighted by molar-refractivity contribution is 8.77. The topological polar surface area (TPSA) is 565 Å². The number of H-pyrrole nitrogens is 1. The molecule has 3 heterocycles. The summed E-state index contributed by atoms with van der Waals surface area (Å²) in [6, 6.07) is 26.5. The van der Waals surface area contributed by atoms with Crippen LogP contribution in [-0.4, -0.2) is 293 Å². The Hall–Kier alpha value is -11.2. The number of methoxy groups -OCH3 is 2. The van der Waals surface area contributed by atoms with Crippen LogP contribution in [-0.2, 0) is 115 Å². The smallest absolute Gasteiger partial charge is 0.455 e. The van der Waals surface area contributed by atoms with E-state index in [1.54, 1.807) is 170 Å². The molecule has 144 heavy (non-hydrogen) atoms. The molecule has 1 unspecified atom stereocenters. The van der Waals surface area contributed by atoms with E-state index in [9.17, 15) is 54.0 Å². The lowest BCUT2D eigenvalue weighted by molar-refractivity contribution is -0.299. The van der Waals surface area contributed by atoms with Crippen molar-refractivity contribution in [3.8, 4) is 0 Å². The zero-order valence-electron chi connectivity index (χ0n) is 82.4.